The summed E-state index contributed by atoms with van der Waals surface area (Å²) in [7, 11) is 1.32. The van der Waals surface area contributed by atoms with Gasteiger partial charge in [-0.3, -0.25) is 9.59 Å². The van der Waals surface area contributed by atoms with Crippen LogP contribution < -0.4 is 5.32 Å². The maximum Gasteiger partial charge on any atom is 0.397 e. The molecule has 228 valence electrons. The molecule has 0 saturated heterocycles. The number of hydrogen-bond acceptors (Lipinski definition) is 9. The topological polar surface area (TPSA) is 164 Å². The van der Waals surface area contributed by atoms with Gasteiger partial charge in [0.25, 0.3) is 0 Å². The summed E-state index contributed by atoms with van der Waals surface area (Å²) in [4.78, 5) is 52.4. The van der Waals surface area contributed by atoms with Crippen molar-refractivity contribution in [3.63, 3.8) is 0 Å². The number of aliphatic hydroxyl groups is 2. The van der Waals surface area contributed by atoms with E-state index >= 15 is 0 Å². The van der Waals surface area contributed by atoms with Crippen molar-refractivity contribution in [3.05, 3.63) is 47.8 Å². The monoisotopic (exact) mass is 584 g/mol. The summed E-state index contributed by atoms with van der Waals surface area (Å²) < 4.78 is 17.0. The Morgan fingerprint density at radius 1 is 1.21 bits per heavy atom. The molecule has 1 aliphatic heterocycles. The second kappa shape index (κ2) is 11.3. The number of H-pyrrole nitrogens is 1. The second-order valence-corrected chi connectivity index (χ2v) is 12.3. The summed E-state index contributed by atoms with van der Waals surface area (Å²) in [6, 6.07) is 3.36. The van der Waals surface area contributed by atoms with Crippen LogP contribution in [-0.4, -0.2) is 76.1 Å². The fraction of sp³-hybridized carbons (Fsp3) is 0.613. The predicted molar refractivity (Wildman–Crippen MR) is 148 cm³/mol. The molecule has 11 heteroatoms. The number of ether oxygens (including phenoxy) is 3. The smallest absolute Gasteiger partial charge is 0.397 e. The van der Waals surface area contributed by atoms with E-state index in [1.807, 2.05) is 32.1 Å². The van der Waals surface area contributed by atoms with Crippen LogP contribution in [0.3, 0.4) is 0 Å². The summed E-state index contributed by atoms with van der Waals surface area (Å²) in [5.41, 5.74) is -0.374. The van der Waals surface area contributed by atoms with E-state index in [-0.39, 0.29) is 36.0 Å². The first-order chi connectivity index (χ1) is 19.9. The third kappa shape index (κ3) is 4.86. The number of rotatable bonds is 4. The highest BCUT2D eigenvalue weighted by Gasteiger charge is 2.70. The molecule has 3 aliphatic carbocycles. The molecule has 1 amide bonds. The van der Waals surface area contributed by atoms with Crippen molar-refractivity contribution in [1.82, 2.24) is 10.3 Å². The van der Waals surface area contributed by atoms with Gasteiger partial charge < -0.3 is 34.7 Å². The average molecular weight is 585 g/mol. The Balaban J connectivity index is 1.44. The second-order valence-electron chi connectivity index (χ2n) is 12.3. The molecular formula is C31H40N2O9. The number of aliphatic hydroxyl groups excluding tert-OH is 1. The van der Waals surface area contributed by atoms with E-state index in [0.717, 1.165) is 0 Å². The van der Waals surface area contributed by atoms with Gasteiger partial charge in [-0.1, -0.05) is 32.1 Å². The number of nitrogens with one attached hydrogen (secondary N) is 2. The third-order valence-electron chi connectivity index (χ3n) is 10.0. The molecule has 2 saturated carbocycles. The fourth-order valence-corrected chi connectivity index (χ4v) is 7.94. The lowest BCUT2D eigenvalue weighted by Crippen LogP contribution is -2.64. The molecule has 4 aliphatic rings. The first-order valence-electron chi connectivity index (χ1n) is 14.6. The van der Waals surface area contributed by atoms with Crippen LogP contribution in [0.1, 0.15) is 51.0 Å². The summed E-state index contributed by atoms with van der Waals surface area (Å²) in [6.45, 7) is 7.06. The summed E-state index contributed by atoms with van der Waals surface area (Å²) in [6.07, 6.45) is 4.65. The van der Waals surface area contributed by atoms with Crippen LogP contribution in [0.15, 0.2) is 42.1 Å². The lowest BCUT2D eigenvalue weighted by atomic mass is 9.46. The van der Waals surface area contributed by atoms with Gasteiger partial charge in [0.05, 0.1) is 11.7 Å². The molecular weight excluding hydrogens is 544 g/mol. The Morgan fingerprint density at radius 3 is 2.62 bits per heavy atom. The zero-order valence-electron chi connectivity index (χ0n) is 24.5. The zero-order chi connectivity index (χ0) is 30.5. The van der Waals surface area contributed by atoms with Crippen LogP contribution in [0.5, 0.6) is 0 Å². The number of esters is 3. The lowest BCUT2D eigenvalue weighted by Gasteiger charge is -2.61. The number of aromatic nitrogens is 1. The van der Waals surface area contributed by atoms with E-state index in [2.05, 4.69) is 10.3 Å². The molecule has 12 atom stereocenters. The van der Waals surface area contributed by atoms with Gasteiger partial charge in [-0.15, -0.1) is 0 Å². The number of carbonyl (C=O) groups excluding carboxylic acids is 4. The molecule has 2 fully saturated rings. The Bertz CT molecular complexity index is 1290. The van der Waals surface area contributed by atoms with Crippen molar-refractivity contribution < 1.29 is 43.6 Å². The maximum absolute atomic E-state index is 12.9. The standard InChI is InChI=1S/C31H40N2O9/c1-14-13-15(2)31(39)18(9-11-21(34)41-26(14)17(4)40-30(38)28(36)32-5)8-10-19-22-23(24(19)31)25(35)16(3)27(22)42-29(37)20-7-6-12-33-20/h6-8,10,12-14,16-19,22-27,33,35,39H,9,11H2,1-5H3,(H,32,36)/b15-13+/t14-,16-,17-,18-,19?,22+,23?,24?,25-,26+,27-,31+/m1/s1. The quantitative estimate of drug-likeness (QED) is 0.179. The minimum absolute atomic E-state index is 0.0186. The summed E-state index contributed by atoms with van der Waals surface area (Å²) in [5.74, 6) is -5.18. The normalized spacial score (nSPS) is 40.9. The number of cyclic esters (lactones) is 1. The first kappa shape index (κ1) is 30.0. The van der Waals surface area contributed by atoms with Crippen LogP contribution in [0.25, 0.3) is 0 Å². The number of amides is 1. The van der Waals surface area contributed by atoms with Gasteiger partial charge in [-0.05, 0) is 49.8 Å². The third-order valence-corrected chi connectivity index (χ3v) is 10.0. The highest BCUT2D eigenvalue weighted by molar-refractivity contribution is 6.32. The molecule has 4 N–H and O–H groups in total. The summed E-state index contributed by atoms with van der Waals surface area (Å²) >= 11 is 0. The number of allylic oxidation sites excluding steroid dienone is 1. The lowest BCUT2D eigenvalue weighted by molar-refractivity contribution is -0.180. The van der Waals surface area contributed by atoms with E-state index in [0.29, 0.717) is 17.7 Å². The van der Waals surface area contributed by atoms with Crippen molar-refractivity contribution in [2.45, 2.75) is 70.6 Å². The van der Waals surface area contributed by atoms with Crippen molar-refractivity contribution in [2.24, 2.45) is 41.4 Å². The number of carbonyl (C=O) groups is 4. The van der Waals surface area contributed by atoms with E-state index in [9.17, 15) is 29.4 Å². The van der Waals surface area contributed by atoms with E-state index in [1.165, 1.54) is 7.05 Å². The van der Waals surface area contributed by atoms with Crippen LogP contribution in [0, 0.1) is 41.4 Å². The van der Waals surface area contributed by atoms with Crippen molar-refractivity contribution in [1.29, 1.82) is 0 Å². The maximum atomic E-state index is 12.9. The van der Waals surface area contributed by atoms with Gasteiger partial charge in [0.2, 0.25) is 0 Å². The van der Waals surface area contributed by atoms with Gasteiger partial charge >= 0.3 is 23.8 Å². The number of hydrogen-bond donors (Lipinski definition) is 4. The largest absolute Gasteiger partial charge is 0.458 e. The summed E-state index contributed by atoms with van der Waals surface area (Å²) in [5, 5.41) is 26.2. The minimum atomic E-state index is -1.38. The molecule has 2 heterocycles. The van der Waals surface area contributed by atoms with Crippen molar-refractivity contribution in [3.8, 4) is 0 Å². The van der Waals surface area contributed by atoms with Gasteiger partial charge in [0.15, 0.2) is 0 Å². The molecule has 0 aromatic carbocycles. The number of likely N-dealkylation sites (N-methyl/N-ethyl adjacent to an activating group) is 1. The van der Waals surface area contributed by atoms with E-state index in [1.54, 1.807) is 32.2 Å². The van der Waals surface area contributed by atoms with Crippen molar-refractivity contribution >= 4 is 23.8 Å². The molecule has 11 nitrogen and oxygen atoms in total. The van der Waals surface area contributed by atoms with E-state index in [4.69, 9.17) is 14.2 Å². The minimum Gasteiger partial charge on any atom is -0.458 e. The Labute approximate surface area is 244 Å². The van der Waals surface area contributed by atoms with Gasteiger partial charge in [-0.2, -0.15) is 0 Å². The number of fused-ring (bicyclic) bond motifs is 6. The molecule has 3 unspecified atom stereocenters. The van der Waals surface area contributed by atoms with Crippen molar-refractivity contribution in [2.75, 3.05) is 7.05 Å². The van der Waals surface area contributed by atoms with Crippen LogP contribution in [-0.2, 0) is 28.6 Å². The van der Waals surface area contributed by atoms with Gasteiger partial charge in [0.1, 0.15) is 24.0 Å². The Morgan fingerprint density at radius 2 is 1.95 bits per heavy atom. The Hall–Kier alpha value is -3.44. The van der Waals surface area contributed by atoms with Crippen LogP contribution >= 0.6 is 0 Å². The molecule has 0 spiro atoms. The molecule has 42 heavy (non-hydrogen) atoms. The SMILES string of the molecule is CNC(=O)C(=O)O[C@H](C)[C@H]1OC(=O)CC[C@H]2C=CC3C(C4[C@H]3[C@H](OC(=O)c3ccc[nH]3)[C@H](C)[C@H]4O)[C@]2(O)/C(C)=C/[C@H]1C. The zero-order valence-corrected chi connectivity index (χ0v) is 24.5. The molecule has 0 bridgehead atoms. The number of aromatic amines is 1. The van der Waals surface area contributed by atoms with Gasteiger partial charge in [-0.25, -0.2) is 9.59 Å². The van der Waals surface area contributed by atoms with Crippen LogP contribution in [0.2, 0.25) is 0 Å². The molecule has 0 radical (unpaired) electrons. The molecule has 5 rings (SSSR count). The fourth-order valence-electron chi connectivity index (χ4n) is 7.94. The first-order valence-corrected chi connectivity index (χ1v) is 14.6. The Kier molecular flexibility index (Phi) is 8.10. The molecule has 1 aromatic heterocycles. The molecule has 1 aromatic rings. The van der Waals surface area contributed by atoms with Crippen LogP contribution in [0.4, 0.5) is 0 Å². The highest BCUT2D eigenvalue weighted by atomic mass is 16.6. The van der Waals surface area contributed by atoms with E-state index < -0.39 is 65.7 Å². The highest BCUT2D eigenvalue weighted by Crippen LogP contribution is 2.66. The predicted octanol–water partition coefficient (Wildman–Crippen LogP) is 1.91. The average Bonchev–Trinajstić information content (AvgIpc) is 3.55. The van der Waals surface area contributed by atoms with Gasteiger partial charge in [0, 0.05) is 49.3 Å².